The molecule has 2 bridgehead atoms. The van der Waals surface area contributed by atoms with Crippen molar-refractivity contribution in [2.45, 2.75) is 14.1 Å². The van der Waals surface area contributed by atoms with E-state index in [1.165, 1.54) is 0 Å². The fourth-order valence-corrected chi connectivity index (χ4v) is 6.60. The first-order valence-corrected chi connectivity index (χ1v) is 8.46. The van der Waals surface area contributed by atoms with Crippen LogP contribution in [0.4, 0.5) is 0 Å². The number of allylic oxidation sites excluding steroid dienone is 2. The van der Waals surface area contributed by atoms with E-state index in [9.17, 15) is 4.21 Å². The molecule has 1 saturated heterocycles. The third kappa shape index (κ3) is 1.59. The number of fused-ring (bicyclic) bond motifs is 5. The van der Waals surface area contributed by atoms with Crippen LogP contribution in [0, 0.1) is 11.8 Å². The molecule has 3 rings (SSSR count). The highest BCUT2D eigenvalue weighted by Gasteiger charge is 2.82. The largest absolute Gasteiger partial charge is 0.304 e. The molecule has 108 valence electrons. The van der Waals surface area contributed by atoms with Crippen molar-refractivity contribution in [3.63, 3.8) is 0 Å². The second-order valence-electron chi connectivity index (χ2n) is 4.61. The average molecular weight is 407 g/mol. The van der Waals surface area contributed by atoms with E-state index in [2.05, 4.69) is 0 Å². The predicted molar refractivity (Wildman–Crippen MR) is 77.4 cm³/mol. The van der Waals surface area contributed by atoms with Crippen molar-refractivity contribution in [1.82, 2.24) is 0 Å². The zero-order valence-corrected chi connectivity index (χ0v) is 14.3. The molecule has 0 aromatic heterocycles. The fraction of sp³-hybridized carbons (Fsp3) is 0.778. The molecule has 4 atom stereocenters. The van der Waals surface area contributed by atoms with Gasteiger partial charge in [-0.15, -0.1) is 23.2 Å². The van der Waals surface area contributed by atoms with Crippen LogP contribution in [0.1, 0.15) is 0 Å². The number of rotatable bonds is 0. The van der Waals surface area contributed by atoms with Gasteiger partial charge in [-0.25, -0.2) is 0 Å². The zero-order valence-electron chi connectivity index (χ0n) is 8.97. The van der Waals surface area contributed by atoms with Gasteiger partial charge < -0.3 is 0 Å². The summed E-state index contributed by atoms with van der Waals surface area (Å²) in [6.45, 7) is 0.0215. The van der Waals surface area contributed by atoms with Crippen molar-refractivity contribution in [1.29, 1.82) is 0 Å². The molecule has 1 saturated carbocycles. The van der Waals surface area contributed by atoms with Gasteiger partial charge >= 0.3 is 11.4 Å². The third-order valence-corrected chi connectivity index (χ3v) is 8.95. The second kappa shape index (κ2) is 4.53. The molecule has 0 unspecified atom stereocenters. The van der Waals surface area contributed by atoms with E-state index < -0.39 is 37.3 Å². The summed E-state index contributed by atoms with van der Waals surface area (Å²) in [5.74, 6) is -0.911. The minimum absolute atomic E-state index is 0.0107. The van der Waals surface area contributed by atoms with E-state index in [4.69, 9.17) is 78.0 Å². The van der Waals surface area contributed by atoms with Gasteiger partial charge in [0.05, 0.1) is 23.3 Å². The first kappa shape index (κ1) is 15.4. The summed E-state index contributed by atoms with van der Waals surface area (Å²) in [5, 5.41) is 0.210. The summed E-state index contributed by atoms with van der Waals surface area (Å²) in [6, 6.07) is 0. The standard InChI is InChI=1S/C9H6Cl6O3S/c10-5-6(11)8(13)4-2-18-19(16)17-1-3(4)7(5,12)9(8,14)15/h3-4H,1-2H2/t3-,4-,7-,8-/m1/s1. The van der Waals surface area contributed by atoms with Crippen LogP contribution >= 0.6 is 69.6 Å². The Morgan fingerprint density at radius 3 is 1.68 bits per heavy atom. The van der Waals surface area contributed by atoms with Crippen molar-refractivity contribution < 1.29 is 12.6 Å². The minimum Gasteiger partial charge on any atom is -0.268 e. The lowest BCUT2D eigenvalue weighted by Crippen LogP contribution is -2.45. The highest BCUT2D eigenvalue weighted by atomic mass is 35.5. The summed E-state index contributed by atoms with van der Waals surface area (Å²) >= 11 is 36.4. The first-order chi connectivity index (χ1) is 8.69. The average Bonchev–Trinajstić information content (AvgIpc) is 2.54. The maximum Gasteiger partial charge on any atom is 0.304 e. The van der Waals surface area contributed by atoms with Crippen LogP contribution < -0.4 is 0 Å². The van der Waals surface area contributed by atoms with Gasteiger partial charge in [-0.2, -0.15) is 4.21 Å². The van der Waals surface area contributed by atoms with Crippen molar-refractivity contribution >= 4 is 81.0 Å². The van der Waals surface area contributed by atoms with Crippen molar-refractivity contribution in [3.8, 4) is 0 Å². The monoisotopic (exact) mass is 404 g/mol. The molecule has 0 spiro atoms. The Morgan fingerprint density at radius 1 is 0.947 bits per heavy atom. The maximum atomic E-state index is 11.3. The Kier molecular flexibility index (Phi) is 3.68. The molecule has 0 aromatic rings. The molecule has 0 amide bonds. The van der Waals surface area contributed by atoms with Gasteiger partial charge in [0.15, 0.2) is 4.33 Å². The molecule has 1 aliphatic heterocycles. The highest BCUT2D eigenvalue weighted by Crippen LogP contribution is 2.76. The Hall–Kier alpha value is 1.55. The van der Waals surface area contributed by atoms with Gasteiger partial charge in [0, 0.05) is 11.8 Å². The van der Waals surface area contributed by atoms with E-state index in [0.717, 1.165) is 0 Å². The smallest absolute Gasteiger partial charge is 0.268 e. The maximum absolute atomic E-state index is 11.3. The quantitative estimate of drug-likeness (QED) is 0.575. The SMILES string of the molecule is O=S1OC[C@@H]2[C@@H](CO1)[C@@]1(Cl)C(Cl)=C(Cl)[C@@]2(Cl)C1(Cl)Cl. The zero-order chi connectivity index (χ0) is 14.2. The third-order valence-electron chi connectivity index (χ3n) is 3.94. The molecule has 0 N–H and O–H groups in total. The highest BCUT2D eigenvalue weighted by molar-refractivity contribution is 7.75. The van der Waals surface area contributed by atoms with Gasteiger partial charge in [-0.05, 0) is 0 Å². The van der Waals surface area contributed by atoms with Crippen LogP contribution in [-0.2, 0) is 19.7 Å². The van der Waals surface area contributed by atoms with Crippen molar-refractivity contribution in [2.75, 3.05) is 13.2 Å². The second-order valence-corrected chi connectivity index (χ2v) is 8.77. The van der Waals surface area contributed by atoms with E-state index in [-0.39, 0.29) is 23.3 Å². The van der Waals surface area contributed by atoms with E-state index in [1.807, 2.05) is 0 Å². The van der Waals surface area contributed by atoms with Crippen LogP contribution in [0.2, 0.25) is 0 Å². The summed E-state index contributed by atoms with van der Waals surface area (Å²) in [6.07, 6.45) is 0. The first-order valence-electron chi connectivity index (χ1n) is 5.19. The van der Waals surface area contributed by atoms with E-state index in [1.54, 1.807) is 0 Å². The van der Waals surface area contributed by atoms with E-state index in [0.29, 0.717) is 0 Å². The summed E-state index contributed by atoms with van der Waals surface area (Å²) < 4.78 is 19.7. The molecule has 2 fully saturated rings. The van der Waals surface area contributed by atoms with Gasteiger partial charge in [-0.3, -0.25) is 8.37 Å². The van der Waals surface area contributed by atoms with Gasteiger partial charge in [0.1, 0.15) is 9.75 Å². The van der Waals surface area contributed by atoms with Gasteiger partial charge in [0.2, 0.25) is 0 Å². The molecule has 10 heteroatoms. The van der Waals surface area contributed by atoms with Crippen molar-refractivity contribution in [2.24, 2.45) is 11.8 Å². The molecule has 19 heavy (non-hydrogen) atoms. The lowest BCUT2D eigenvalue weighted by Gasteiger charge is -2.33. The Labute approximate surface area is 142 Å². The van der Waals surface area contributed by atoms with Crippen LogP contribution in [0.25, 0.3) is 0 Å². The van der Waals surface area contributed by atoms with E-state index >= 15 is 0 Å². The van der Waals surface area contributed by atoms with Gasteiger partial charge in [0.25, 0.3) is 0 Å². The normalized spacial score (nSPS) is 49.4. The molecular weight excluding hydrogens is 401 g/mol. The van der Waals surface area contributed by atoms with Crippen LogP contribution in [-0.4, -0.2) is 31.5 Å². The Morgan fingerprint density at radius 2 is 1.32 bits per heavy atom. The Bertz CT molecular complexity index is 470. The number of halogens is 6. The Balaban J connectivity index is 2.19. The molecule has 3 aliphatic rings. The molecule has 0 radical (unpaired) electrons. The lowest BCUT2D eigenvalue weighted by molar-refractivity contribution is 0.207. The minimum atomic E-state index is -1.86. The molecule has 0 aromatic carbocycles. The van der Waals surface area contributed by atoms with Crippen molar-refractivity contribution in [3.05, 3.63) is 10.1 Å². The number of hydrogen-bond donors (Lipinski definition) is 0. The number of alkyl halides is 4. The fourth-order valence-electron chi connectivity index (χ4n) is 2.96. The summed E-state index contributed by atoms with van der Waals surface area (Å²) in [5.41, 5.74) is 0. The molecular formula is C9H6Cl6O3S. The molecule has 3 nitrogen and oxygen atoms in total. The summed E-state index contributed by atoms with van der Waals surface area (Å²) in [4.78, 5) is -2.78. The predicted octanol–water partition coefficient (Wildman–Crippen LogP) is 3.69. The topological polar surface area (TPSA) is 35.5 Å². The summed E-state index contributed by atoms with van der Waals surface area (Å²) in [7, 11) is 0. The van der Waals surface area contributed by atoms with Crippen LogP contribution in [0.5, 0.6) is 0 Å². The molecule has 1 heterocycles. The van der Waals surface area contributed by atoms with Crippen LogP contribution in [0.3, 0.4) is 0 Å². The molecule has 2 aliphatic carbocycles. The van der Waals surface area contributed by atoms with Crippen LogP contribution in [0.15, 0.2) is 10.1 Å². The lowest BCUT2D eigenvalue weighted by atomic mass is 9.83. The van der Waals surface area contributed by atoms with Gasteiger partial charge in [-0.1, -0.05) is 46.4 Å². The number of hydrogen-bond acceptors (Lipinski definition) is 3.